The SMILES string of the molecule is CCCCCOc1ccc(C(=O)N(Cc2ccc(OC)c(OC)c2)[C@@H]2CCS(=O)(=O)C2)cc1. The van der Waals surface area contributed by atoms with Gasteiger partial charge in [-0.1, -0.05) is 25.8 Å². The molecule has 3 rings (SSSR count). The number of sulfone groups is 1. The number of rotatable bonds is 11. The van der Waals surface area contributed by atoms with Crippen LogP contribution in [-0.4, -0.2) is 57.6 Å². The van der Waals surface area contributed by atoms with E-state index in [1.165, 1.54) is 0 Å². The minimum atomic E-state index is -3.15. The molecule has 0 radical (unpaired) electrons. The van der Waals surface area contributed by atoms with E-state index in [4.69, 9.17) is 14.2 Å². The fraction of sp³-hybridized carbons (Fsp3) is 0.480. The van der Waals surface area contributed by atoms with Crippen LogP contribution in [0.5, 0.6) is 17.2 Å². The van der Waals surface area contributed by atoms with Crippen LogP contribution in [-0.2, 0) is 16.4 Å². The van der Waals surface area contributed by atoms with Crippen molar-refractivity contribution in [1.82, 2.24) is 4.90 Å². The molecule has 1 saturated heterocycles. The highest BCUT2D eigenvalue weighted by molar-refractivity contribution is 7.91. The molecule has 0 N–H and O–H groups in total. The Labute approximate surface area is 196 Å². The summed E-state index contributed by atoms with van der Waals surface area (Å²) in [7, 11) is -0.0334. The number of ether oxygens (including phenoxy) is 3. The third-order valence-electron chi connectivity index (χ3n) is 5.83. The minimum Gasteiger partial charge on any atom is -0.494 e. The summed E-state index contributed by atoms with van der Waals surface area (Å²) in [5, 5.41) is 0. The molecule has 0 saturated carbocycles. The molecule has 33 heavy (non-hydrogen) atoms. The van der Waals surface area contributed by atoms with Crippen molar-refractivity contribution in [3.63, 3.8) is 0 Å². The molecule has 0 unspecified atom stereocenters. The smallest absolute Gasteiger partial charge is 0.254 e. The summed E-state index contributed by atoms with van der Waals surface area (Å²) in [5.41, 5.74) is 1.34. The lowest BCUT2D eigenvalue weighted by Gasteiger charge is -2.29. The molecule has 7 nitrogen and oxygen atoms in total. The third kappa shape index (κ3) is 6.63. The van der Waals surface area contributed by atoms with Crippen molar-refractivity contribution in [2.24, 2.45) is 0 Å². The van der Waals surface area contributed by atoms with E-state index in [-0.39, 0.29) is 30.0 Å². The number of benzene rings is 2. The van der Waals surface area contributed by atoms with Crippen molar-refractivity contribution in [1.29, 1.82) is 0 Å². The van der Waals surface area contributed by atoms with Crippen molar-refractivity contribution in [3.05, 3.63) is 53.6 Å². The number of methoxy groups -OCH3 is 2. The van der Waals surface area contributed by atoms with Crippen LogP contribution < -0.4 is 14.2 Å². The normalized spacial score (nSPS) is 16.9. The van der Waals surface area contributed by atoms with Gasteiger partial charge < -0.3 is 19.1 Å². The van der Waals surface area contributed by atoms with E-state index in [2.05, 4.69) is 6.92 Å². The van der Waals surface area contributed by atoms with E-state index >= 15 is 0 Å². The zero-order valence-electron chi connectivity index (χ0n) is 19.6. The molecule has 1 atom stereocenters. The van der Waals surface area contributed by atoms with Gasteiger partial charge in [0.25, 0.3) is 5.91 Å². The Hall–Kier alpha value is -2.74. The summed E-state index contributed by atoms with van der Waals surface area (Å²) in [5.74, 6) is 1.74. The number of carbonyl (C=O) groups excluding carboxylic acids is 1. The fourth-order valence-corrected chi connectivity index (χ4v) is 5.70. The molecule has 1 fully saturated rings. The van der Waals surface area contributed by atoms with Crippen LogP contribution in [0.3, 0.4) is 0 Å². The molecule has 1 amide bonds. The van der Waals surface area contributed by atoms with Gasteiger partial charge in [0, 0.05) is 18.2 Å². The van der Waals surface area contributed by atoms with Crippen molar-refractivity contribution in [3.8, 4) is 17.2 Å². The zero-order valence-corrected chi connectivity index (χ0v) is 20.4. The molecule has 0 bridgehead atoms. The standard InChI is InChI=1S/C25H33NO6S/c1-4-5-6-14-32-22-10-8-20(9-11-22)25(27)26(21-13-15-33(28,29)18-21)17-19-7-12-23(30-2)24(16-19)31-3/h7-12,16,21H,4-6,13-15,17-18H2,1-3H3/t21-/m1/s1. The number of carbonyl (C=O) groups is 1. The first-order valence-electron chi connectivity index (χ1n) is 11.3. The van der Waals surface area contributed by atoms with Gasteiger partial charge in [-0.05, 0) is 54.8 Å². The van der Waals surface area contributed by atoms with Crippen LogP contribution in [0.25, 0.3) is 0 Å². The van der Waals surface area contributed by atoms with Gasteiger partial charge in [0.15, 0.2) is 21.3 Å². The lowest BCUT2D eigenvalue weighted by molar-refractivity contribution is 0.0680. The first kappa shape index (κ1) is 24.9. The Morgan fingerprint density at radius 2 is 1.76 bits per heavy atom. The van der Waals surface area contributed by atoms with E-state index < -0.39 is 9.84 Å². The first-order valence-corrected chi connectivity index (χ1v) is 13.1. The second-order valence-electron chi connectivity index (χ2n) is 8.26. The summed E-state index contributed by atoms with van der Waals surface area (Å²) in [6, 6.07) is 12.1. The Bertz CT molecular complexity index is 1040. The second-order valence-corrected chi connectivity index (χ2v) is 10.5. The van der Waals surface area contributed by atoms with Gasteiger partial charge >= 0.3 is 0 Å². The zero-order chi connectivity index (χ0) is 23.8. The summed E-state index contributed by atoms with van der Waals surface area (Å²) in [4.78, 5) is 15.1. The molecule has 0 spiro atoms. The largest absolute Gasteiger partial charge is 0.494 e. The van der Waals surface area contributed by atoms with Gasteiger partial charge in [-0.25, -0.2) is 8.42 Å². The molecule has 0 aromatic heterocycles. The predicted octanol–water partition coefficient (Wildman–Crippen LogP) is 4.10. The highest BCUT2D eigenvalue weighted by atomic mass is 32.2. The maximum absolute atomic E-state index is 13.5. The summed E-state index contributed by atoms with van der Waals surface area (Å²) in [6.07, 6.45) is 3.67. The summed E-state index contributed by atoms with van der Waals surface area (Å²) < 4.78 is 40.7. The van der Waals surface area contributed by atoms with Crippen LogP contribution in [0.1, 0.15) is 48.5 Å². The highest BCUT2D eigenvalue weighted by Gasteiger charge is 2.35. The molecule has 1 aliphatic rings. The lowest BCUT2D eigenvalue weighted by Crippen LogP contribution is -2.40. The van der Waals surface area contributed by atoms with Crippen LogP contribution >= 0.6 is 0 Å². The molecule has 1 aliphatic heterocycles. The van der Waals surface area contributed by atoms with Crippen LogP contribution in [0.4, 0.5) is 0 Å². The van der Waals surface area contributed by atoms with E-state index in [1.807, 2.05) is 12.1 Å². The van der Waals surface area contributed by atoms with E-state index in [0.29, 0.717) is 30.1 Å². The Morgan fingerprint density at radius 1 is 1.03 bits per heavy atom. The third-order valence-corrected chi connectivity index (χ3v) is 7.58. The fourth-order valence-electron chi connectivity index (χ4n) is 3.97. The maximum Gasteiger partial charge on any atom is 0.254 e. The molecular weight excluding hydrogens is 442 g/mol. The topological polar surface area (TPSA) is 82.1 Å². The van der Waals surface area contributed by atoms with Gasteiger partial charge in [0.1, 0.15) is 5.75 Å². The number of amides is 1. The molecule has 8 heteroatoms. The average molecular weight is 476 g/mol. The van der Waals surface area contributed by atoms with Crippen LogP contribution in [0, 0.1) is 0 Å². The van der Waals surface area contributed by atoms with Crippen LogP contribution in [0.2, 0.25) is 0 Å². The van der Waals surface area contributed by atoms with E-state index in [9.17, 15) is 13.2 Å². The van der Waals surface area contributed by atoms with Gasteiger partial charge in [-0.3, -0.25) is 4.79 Å². The summed E-state index contributed by atoms with van der Waals surface area (Å²) in [6.45, 7) is 3.06. The quantitative estimate of drug-likeness (QED) is 0.455. The van der Waals surface area contributed by atoms with Gasteiger partial charge in [-0.2, -0.15) is 0 Å². The van der Waals surface area contributed by atoms with Crippen LogP contribution in [0.15, 0.2) is 42.5 Å². The molecule has 0 aliphatic carbocycles. The van der Waals surface area contributed by atoms with Gasteiger partial charge in [0.2, 0.25) is 0 Å². The maximum atomic E-state index is 13.5. The Morgan fingerprint density at radius 3 is 2.36 bits per heavy atom. The van der Waals surface area contributed by atoms with E-state index in [0.717, 1.165) is 30.6 Å². The number of hydrogen-bond acceptors (Lipinski definition) is 6. The molecule has 2 aromatic rings. The second kappa shape index (κ2) is 11.4. The highest BCUT2D eigenvalue weighted by Crippen LogP contribution is 2.30. The number of unbranched alkanes of at least 4 members (excludes halogenated alkanes) is 2. The number of hydrogen-bond donors (Lipinski definition) is 0. The van der Waals surface area contributed by atoms with Crippen molar-refractivity contribution in [2.45, 2.75) is 45.2 Å². The predicted molar refractivity (Wildman–Crippen MR) is 128 cm³/mol. The molecule has 1 heterocycles. The Kier molecular flexibility index (Phi) is 8.61. The lowest BCUT2D eigenvalue weighted by atomic mass is 10.1. The van der Waals surface area contributed by atoms with Gasteiger partial charge in [-0.15, -0.1) is 0 Å². The monoisotopic (exact) mass is 475 g/mol. The van der Waals surface area contributed by atoms with Crippen molar-refractivity contribution < 1.29 is 27.4 Å². The summed E-state index contributed by atoms with van der Waals surface area (Å²) >= 11 is 0. The van der Waals surface area contributed by atoms with Crippen molar-refractivity contribution in [2.75, 3.05) is 32.3 Å². The molecule has 180 valence electrons. The van der Waals surface area contributed by atoms with E-state index in [1.54, 1.807) is 49.5 Å². The number of nitrogens with zero attached hydrogens (tertiary/aromatic N) is 1. The average Bonchev–Trinajstić information content (AvgIpc) is 3.19. The molecule has 2 aromatic carbocycles. The molecular formula is C25H33NO6S. The first-order chi connectivity index (χ1) is 15.9. The minimum absolute atomic E-state index is 0.0232. The van der Waals surface area contributed by atoms with Crippen molar-refractivity contribution >= 4 is 15.7 Å². The Balaban J connectivity index is 1.80. The van der Waals surface area contributed by atoms with Gasteiger partial charge in [0.05, 0.1) is 32.3 Å².